The molecule has 0 aromatic carbocycles. The van der Waals surface area contributed by atoms with Crippen LogP contribution in [0, 0.1) is 0 Å². The fourth-order valence-corrected chi connectivity index (χ4v) is 2.14. The smallest absolute Gasteiger partial charge is 0.242 e. The Bertz CT molecular complexity index is 274. The number of carbonyl (C=O) groups is 2. The lowest BCUT2D eigenvalue weighted by molar-refractivity contribution is -0.137. The number of likely N-dealkylation sites (tertiary alicyclic amines) is 1. The Morgan fingerprint density at radius 3 is 2.67 bits per heavy atom. The summed E-state index contributed by atoms with van der Waals surface area (Å²) >= 11 is 0. The van der Waals surface area contributed by atoms with Gasteiger partial charge < -0.3 is 15.5 Å². The number of halogens is 1. The van der Waals surface area contributed by atoms with E-state index in [1.807, 2.05) is 14.0 Å². The largest absolute Gasteiger partial charge is 0.354 e. The van der Waals surface area contributed by atoms with E-state index in [1.165, 1.54) is 0 Å². The van der Waals surface area contributed by atoms with E-state index in [4.69, 9.17) is 0 Å². The van der Waals surface area contributed by atoms with Crippen LogP contribution in [0.1, 0.15) is 32.6 Å². The van der Waals surface area contributed by atoms with Crippen LogP contribution in [0.5, 0.6) is 0 Å². The Balaban J connectivity index is 0.00000289. The molecule has 1 aliphatic heterocycles. The standard InChI is InChI=1S/C12H23N3O2.ClH/c1-3-10(15-9-4-6-11(15)16)12(17)14-8-5-7-13-2;/h10,13H,3-9H2,1-2H3,(H,14,17);1H. The van der Waals surface area contributed by atoms with Gasteiger partial charge in [0.25, 0.3) is 0 Å². The van der Waals surface area contributed by atoms with Gasteiger partial charge in [-0.1, -0.05) is 6.92 Å². The summed E-state index contributed by atoms with van der Waals surface area (Å²) < 4.78 is 0. The number of nitrogens with zero attached hydrogens (tertiary/aromatic N) is 1. The van der Waals surface area contributed by atoms with Crippen molar-refractivity contribution in [1.29, 1.82) is 0 Å². The number of nitrogens with one attached hydrogen (secondary N) is 2. The van der Waals surface area contributed by atoms with Crippen molar-refractivity contribution in [3.8, 4) is 0 Å². The molecule has 0 radical (unpaired) electrons. The molecule has 0 aromatic rings. The molecule has 1 rings (SSSR count). The molecule has 0 aliphatic carbocycles. The summed E-state index contributed by atoms with van der Waals surface area (Å²) in [4.78, 5) is 25.3. The highest BCUT2D eigenvalue weighted by Gasteiger charge is 2.31. The summed E-state index contributed by atoms with van der Waals surface area (Å²) in [6.45, 7) is 4.22. The van der Waals surface area contributed by atoms with Gasteiger partial charge in [-0.15, -0.1) is 12.4 Å². The molecule has 1 aliphatic rings. The predicted octanol–water partition coefficient (Wildman–Crippen LogP) is 0.535. The average Bonchev–Trinajstić information content (AvgIpc) is 2.72. The van der Waals surface area contributed by atoms with Gasteiger partial charge in [0.05, 0.1) is 0 Å². The van der Waals surface area contributed by atoms with Gasteiger partial charge in [0.15, 0.2) is 0 Å². The minimum Gasteiger partial charge on any atom is -0.354 e. The Hall–Kier alpha value is -0.810. The highest BCUT2D eigenvalue weighted by atomic mass is 35.5. The fourth-order valence-electron chi connectivity index (χ4n) is 2.14. The zero-order valence-corrected chi connectivity index (χ0v) is 12.0. The number of hydrogen-bond acceptors (Lipinski definition) is 3. The van der Waals surface area contributed by atoms with E-state index in [9.17, 15) is 9.59 Å². The summed E-state index contributed by atoms with van der Waals surface area (Å²) in [6, 6.07) is -0.278. The first-order valence-corrected chi connectivity index (χ1v) is 6.42. The average molecular weight is 278 g/mol. The van der Waals surface area contributed by atoms with Crippen molar-refractivity contribution in [2.24, 2.45) is 0 Å². The number of hydrogen-bond donors (Lipinski definition) is 2. The van der Waals surface area contributed by atoms with Crippen molar-refractivity contribution in [2.45, 2.75) is 38.6 Å². The molecule has 1 heterocycles. The van der Waals surface area contributed by atoms with Crippen LogP contribution in [0.25, 0.3) is 0 Å². The molecule has 2 N–H and O–H groups in total. The second kappa shape index (κ2) is 9.16. The van der Waals surface area contributed by atoms with Gasteiger partial charge in [-0.2, -0.15) is 0 Å². The van der Waals surface area contributed by atoms with E-state index in [1.54, 1.807) is 4.90 Å². The van der Waals surface area contributed by atoms with E-state index in [2.05, 4.69) is 10.6 Å². The van der Waals surface area contributed by atoms with Crippen molar-refractivity contribution in [2.75, 3.05) is 26.7 Å². The van der Waals surface area contributed by atoms with Crippen LogP contribution in [0.15, 0.2) is 0 Å². The summed E-state index contributed by atoms with van der Waals surface area (Å²) in [5.41, 5.74) is 0. The molecule has 1 unspecified atom stereocenters. The van der Waals surface area contributed by atoms with E-state index < -0.39 is 0 Å². The van der Waals surface area contributed by atoms with Gasteiger partial charge in [0.1, 0.15) is 6.04 Å². The highest BCUT2D eigenvalue weighted by molar-refractivity contribution is 5.88. The Kier molecular flexibility index (Phi) is 8.75. The Morgan fingerprint density at radius 2 is 2.17 bits per heavy atom. The van der Waals surface area contributed by atoms with Gasteiger partial charge in [-0.05, 0) is 32.9 Å². The molecule has 0 saturated carbocycles. The van der Waals surface area contributed by atoms with Gasteiger partial charge in [-0.3, -0.25) is 9.59 Å². The second-order valence-electron chi connectivity index (χ2n) is 4.36. The zero-order chi connectivity index (χ0) is 12.7. The fraction of sp³-hybridized carbons (Fsp3) is 0.833. The minimum atomic E-state index is -0.278. The highest BCUT2D eigenvalue weighted by Crippen LogP contribution is 2.15. The first-order chi connectivity index (χ1) is 8.20. The first-order valence-electron chi connectivity index (χ1n) is 6.42. The van der Waals surface area contributed by atoms with Crippen LogP contribution in [0.2, 0.25) is 0 Å². The topological polar surface area (TPSA) is 61.4 Å². The minimum absolute atomic E-state index is 0. The van der Waals surface area contributed by atoms with E-state index in [-0.39, 0.29) is 30.3 Å². The Labute approximate surface area is 115 Å². The molecule has 0 bridgehead atoms. The molecule has 18 heavy (non-hydrogen) atoms. The van der Waals surface area contributed by atoms with Crippen molar-refractivity contribution >= 4 is 24.2 Å². The van der Waals surface area contributed by atoms with E-state index >= 15 is 0 Å². The van der Waals surface area contributed by atoms with Crippen molar-refractivity contribution < 1.29 is 9.59 Å². The maximum atomic E-state index is 11.9. The molecule has 0 aromatic heterocycles. The molecular weight excluding hydrogens is 254 g/mol. The van der Waals surface area contributed by atoms with Crippen molar-refractivity contribution in [3.05, 3.63) is 0 Å². The molecule has 1 fully saturated rings. The molecular formula is C12H24ClN3O2. The molecule has 0 spiro atoms. The lowest BCUT2D eigenvalue weighted by Crippen LogP contribution is -2.47. The third kappa shape index (κ3) is 4.82. The molecule has 1 atom stereocenters. The van der Waals surface area contributed by atoms with Gasteiger partial charge in [0, 0.05) is 19.5 Å². The SMILES string of the molecule is CCC(C(=O)NCCCNC)N1CCCC1=O.Cl. The van der Waals surface area contributed by atoms with E-state index in [0.29, 0.717) is 19.4 Å². The van der Waals surface area contributed by atoms with Crippen LogP contribution in [0.3, 0.4) is 0 Å². The van der Waals surface area contributed by atoms with Crippen LogP contribution in [0.4, 0.5) is 0 Å². The van der Waals surface area contributed by atoms with Crippen LogP contribution in [-0.4, -0.2) is 49.4 Å². The molecule has 106 valence electrons. The monoisotopic (exact) mass is 277 g/mol. The zero-order valence-electron chi connectivity index (χ0n) is 11.2. The number of rotatable bonds is 7. The van der Waals surface area contributed by atoms with Crippen molar-refractivity contribution in [3.63, 3.8) is 0 Å². The van der Waals surface area contributed by atoms with Crippen LogP contribution < -0.4 is 10.6 Å². The summed E-state index contributed by atoms with van der Waals surface area (Å²) in [5.74, 6) is 0.0982. The van der Waals surface area contributed by atoms with Gasteiger partial charge in [0.2, 0.25) is 11.8 Å². The maximum absolute atomic E-state index is 11.9. The third-order valence-electron chi connectivity index (χ3n) is 3.08. The Morgan fingerprint density at radius 1 is 1.44 bits per heavy atom. The van der Waals surface area contributed by atoms with Gasteiger partial charge >= 0.3 is 0 Å². The van der Waals surface area contributed by atoms with Crippen molar-refractivity contribution in [1.82, 2.24) is 15.5 Å². The summed E-state index contributed by atoms with van der Waals surface area (Å²) in [6.07, 6.45) is 3.06. The number of carbonyl (C=O) groups excluding carboxylic acids is 2. The first kappa shape index (κ1) is 17.2. The molecule has 1 saturated heterocycles. The van der Waals surface area contributed by atoms with Gasteiger partial charge in [-0.25, -0.2) is 0 Å². The lowest BCUT2D eigenvalue weighted by atomic mass is 10.2. The third-order valence-corrected chi connectivity index (χ3v) is 3.08. The normalized spacial score (nSPS) is 16.3. The molecule has 2 amide bonds. The predicted molar refractivity (Wildman–Crippen MR) is 73.8 cm³/mol. The quantitative estimate of drug-likeness (QED) is 0.668. The summed E-state index contributed by atoms with van der Waals surface area (Å²) in [5, 5.41) is 5.92. The maximum Gasteiger partial charge on any atom is 0.242 e. The number of amides is 2. The molecule has 5 nitrogen and oxygen atoms in total. The van der Waals surface area contributed by atoms with Crippen LogP contribution in [-0.2, 0) is 9.59 Å². The van der Waals surface area contributed by atoms with Crippen LogP contribution >= 0.6 is 12.4 Å². The van der Waals surface area contributed by atoms with E-state index in [0.717, 1.165) is 25.9 Å². The lowest BCUT2D eigenvalue weighted by Gasteiger charge is -2.25. The molecule has 6 heteroatoms. The summed E-state index contributed by atoms with van der Waals surface area (Å²) in [7, 11) is 1.89. The second-order valence-corrected chi connectivity index (χ2v) is 4.36.